The summed E-state index contributed by atoms with van der Waals surface area (Å²) in [6.45, 7) is 1.62. The minimum Gasteiger partial charge on any atom is -0.465 e. The van der Waals surface area contributed by atoms with Crippen LogP contribution in [-0.4, -0.2) is 76.4 Å². The number of piperidine rings is 1. The molecule has 0 aromatic carbocycles. The molecule has 2 amide bonds. The van der Waals surface area contributed by atoms with Gasteiger partial charge in [-0.15, -0.1) is 5.10 Å². The maximum absolute atomic E-state index is 13.0. The molecular weight excluding hydrogens is 514 g/mol. The van der Waals surface area contributed by atoms with Crippen molar-refractivity contribution < 1.29 is 19.4 Å². The van der Waals surface area contributed by atoms with Crippen LogP contribution in [0.5, 0.6) is 0 Å². The van der Waals surface area contributed by atoms with E-state index in [1.807, 2.05) is 16.8 Å². The standard InChI is InChI=1S/C27H29N9O4/c37-26(21-7-3-6-20(30-21)23-11-12-29-36(23)25-8-1-2-14-40-25)31-24-10-9-18(15-28-24)22-17-35(33-32-22)19-5-4-13-34(16-19)27(38)39/h3,6-7,9-12,15,17,19,25H,1-2,4-5,8,13-14,16H2,(H,38,39)(H,28,31,37)/t19-,25?/m0/s1. The maximum Gasteiger partial charge on any atom is 0.407 e. The van der Waals surface area contributed by atoms with Crippen LogP contribution in [-0.2, 0) is 4.74 Å². The number of nitrogens with one attached hydrogen (secondary N) is 1. The lowest BCUT2D eigenvalue weighted by Gasteiger charge is -2.30. The van der Waals surface area contributed by atoms with E-state index in [0.29, 0.717) is 36.9 Å². The summed E-state index contributed by atoms with van der Waals surface area (Å²) >= 11 is 0. The number of carbonyl (C=O) groups is 2. The van der Waals surface area contributed by atoms with Gasteiger partial charge in [-0.25, -0.2) is 24.1 Å². The van der Waals surface area contributed by atoms with Gasteiger partial charge in [0.05, 0.1) is 23.6 Å². The van der Waals surface area contributed by atoms with E-state index in [1.165, 1.54) is 4.90 Å². The van der Waals surface area contributed by atoms with Crippen molar-refractivity contribution in [2.45, 2.75) is 44.4 Å². The number of hydrogen-bond donors (Lipinski definition) is 2. The van der Waals surface area contributed by atoms with Crippen molar-refractivity contribution in [3.8, 4) is 22.6 Å². The highest BCUT2D eigenvalue weighted by molar-refractivity contribution is 6.02. The van der Waals surface area contributed by atoms with E-state index in [4.69, 9.17) is 4.74 Å². The molecule has 0 bridgehead atoms. The molecular formula is C27H29N9O4. The second-order valence-electron chi connectivity index (χ2n) is 9.88. The Morgan fingerprint density at radius 2 is 1.98 bits per heavy atom. The van der Waals surface area contributed by atoms with Crippen LogP contribution >= 0.6 is 0 Å². The molecule has 0 radical (unpaired) electrons. The summed E-state index contributed by atoms with van der Waals surface area (Å²) in [5, 5.41) is 25.0. The minimum absolute atomic E-state index is 0.0605. The predicted octanol–water partition coefficient (Wildman–Crippen LogP) is 3.86. The summed E-state index contributed by atoms with van der Waals surface area (Å²) in [5.74, 6) is -0.00770. The molecule has 2 atom stereocenters. The molecule has 2 aliphatic rings. The van der Waals surface area contributed by atoms with Crippen LogP contribution in [0.15, 0.2) is 55.0 Å². The van der Waals surface area contributed by atoms with E-state index in [9.17, 15) is 14.7 Å². The monoisotopic (exact) mass is 543 g/mol. The first-order valence-electron chi connectivity index (χ1n) is 13.4. The minimum atomic E-state index is -0.922. The Balaban J connectivity index is 1.12. The lowest BCUT2D eigenvalue weighted by atomic mass is 10.1. The van der Waals surface area contributed by atoms with Gasteiger partial charge in [0.2, 0.25) is 0 Å². The smallest absolute Gasteiger partial charge is 0.407 e. The van der Waals surface area contributed by atoms with E-state index in [1.54, 1.807) is 47.5 Å². The normalized spacial score (nSPS) is 19.4. The molecule has 206 valence electrons. The Morgan fingerprint density at radius 3 is 2.77 bits per heavy atom. The first-order chi connectivity index (χ1) is 19.5. The van der Waals surface area contributed by atoms with Crippen LogP contribution in [0.1, 0.15) is 54.9 Å². The van der Waals surface area contributed by atoms with Gasteiger partial charge in [-0.2, -0.15) is 5.10 Å². The summed E-state index contributed by atoms with van der Waals surface area (Å²) in [4.78, 5) is 34.7. The Kier molecular flexibility index (Phi) is 7.19. The number of amides is 2. The van der Waals surface area contributed by atoms with Crippen LogP contribution in [0.3, 0.4) is 0 Å². The number of hydrogen-bond acceptors (Lipinski definition) is 8. The number of carboxylic acid groups (broad SMARTS) is 1. The number of nitrogens with zero attached hydrogens (tertiary/aromatic N) is 8. The first-order valence-corrected chi connectivity index (χ1v) is 13.4. The van der Waals surface area contributed by atoms with Gasteiger partial charge in [0.1, 0.15) is 17.2 Å². The molecule has 0 aliphatic carbocycles. The number of likely N-dealkylation sites (tertiary alicyclic amines) is 1. The molecule has 40 heavy (non-hydrogen) atoms. The number of rotatable bonds is 6. The Hall–Kier alpha value is -4.65. The van der Waals surface area contributed by atoms with Gasteiger partial charge in [-0.05, 0) is 62.4 Å². The summed E-state index contributed by atoms with van der Waals surface area (Å²) in [6.07, 6.45) is 8.69. The van der Waals surface area contributed by atoms with E-state index in [0.717, 1.165) is 43.4 Å². The van der Waals surface area contributed by atoms with Crippen molar-refractivity contribution >= 4 is 17.8 Å². The molecule has 4 aromatic rings. The summed E-state index contributed by atoms with van der Waals surface area (Å²) < 4.78 is 9.42. The Morgan fingerprint density at radius 1 is 1.05 bits per heavy atom. The van der Waals surface area contributed by atoms with E-state index >= 15 is 0 Å². The van der Waals surface area contributed by atoms with Crippen molar-refractivity contribution in [3.05, 3.63) is 60.7 Å². The molecule has 6 heterocycles. The van der Waals surface area contributed by atoms with Crippen molar-refractivity contribution in [2.75, 3.05) is 25.0 Å². The number of carbonyl (C=O) groups excluding carboxylic acids is 1. The highest BCUT2D eigenvalue weighted by Gasteiger charge is 2.25. The van der Waals surface area contributed by atoms with Gasteiger partial charge < -0.3 is 20.1 Å². The summed E-state index contributed by atoms with van der Waals surface area (Å²) in [7, 11) is 0. The van der Waals surface area contributed by atoms with Gasteiger partial charge in [0, 0.05) is 37.7 Å². The predicted molar refractivity (Wildman–Crippen MR) is 143 cm³/mol. The zero-order valence-electron chi connectivity index (χ0n) is 21.8. The lowest BCUT2D eigenvalue weighted by molar-refractivity contribution is -0.0384. The summed E-state index contributed by atoms with van der Waals surface area (Å²) in [6, 6.07) is 10.6. The molecule has 6 rings (SSSR count). The fourth-order valence-corrected chi connectivity index (χ4v) is 5.10. The van der Waals surface area contributed by atoms with Gasteiger partial charge >= 0.3 is 6.09 Å². The number of aromatic nitrogens is 7. The number of anilines is 1. The van der Waals surface area contributed by atoms with Crippen LogP contribution in [0.25, 0.3) is 22.6 Å². The van der Waals surface area contributed by atoms with Gasteiger partial charge in [0.25, 0.3) is 5.91 Å². The van der Waals surface area contributed by atoms with Crippen LogP contribution in [0.4, 0.5) is 10.6 Å². The molecule has 13 heteroatoms. The highest BCUT2D eigenvalue weighted by Crippen LogP contribution is 2.28. The third kappa shape index (κ3) is 5.41. The van der Waals surface area contributed by atoms with E-state index in [-0.39, 0.29) is 23.9 Å². The van der Waals surface area contributed by atoms with Gasteiger partial charge in [-0.3, -0.25) is 4.79 Å². The fraction of sp³-hybridized carbons (Fsp3) is 0.370. The second-order valence-corrected chi connectivity index (χ2v) is 9.88. The zero-order chi connectivity index (χ0) is 27.5. The van der Waals surface area contributed by atoms with E-state index < -0.39 is 6.09 Å². The molecule has 1 unspecified atom stereocenters. The number of ether oxygens (including phenoxy) is 1. The SMILES string of the molecule is O=C(Nc1ccc(-c2cn([C@H]3CCCN(C(=O)O)C3)nn2)cn1)c1cccc(-c2ccnn2C2CCCCO2)n1. The zero-order valence-corrected chi connectivity index (χ0v) is 21.8. The van der Waals surface area contributed by atoms with Crippen molar-refractivity contribution in [1.29, 1.82) is 0 Å². The molecule has 2 fully saturated rings. The van der Waals surface area contributed by atoms with Crippen LogP contribution in [0, 0.1) is 0 Å². The fourth-order valence-electron chi connectivity index (χ4n) is 5.10. The van der Waals surface area contributed by atoms with Crippen LogP contribution < -0.4 is 5.32 Å². The molecule has 13 nitrogen and oxygen atoms in total. The topological polar surface area (TPSA) is 153 Å². The summed E-state index contributed by atoms with van der Waals surface area (Å²) in [5.41, 5.74) is 3.03. The lowest BCUT2D eigenvalue weighted by Crippen LogP contribution is -2.40. The van der Waals surface area contributed by atoms with E-state index in [2.05, 4.69) is 30.7 Å². The number of pyridine rings is 2. The van der Waals surface area contributed by atoms with Crippen LogP contribution in [0.2, 0.25) is 0 Å². The van der Waals surface area contributed by atoms with Crippen molar-refractivity contribution in [3.63, 3.8) is 0 Å². The molecule has 2 aliphatic heterocycles. The molecule has 2 saturated heterocycles. The second kappa shape index (κ2) is 11.2. The Bertz CT molecular complexity index is 1490. The molecule has 2 N–H and O–H groups in total. The average Bonchev–Trinajstić information content (AvgIpc) is 3.69. The molecule has 0 saturated carbocycles. The first kappa shape index (κ1) is 25.6. The van der Waals surface area contributed by atoms with Gasteiger partial charge in [0.15, 0.2) is 6.23 Å². The average molecular weight is 544 g/mol. The quantitative estimate of drug-likeness (QED) is 0.369. The molecule has 0 spiro atoms. The van der Waals surface area contributed by atoms with Gasteiger partial charge in [-0.1, -0.05) is 11.3 Å². The Labute approximate surface area is 229 Å². The van der Waals surface area contributed by atoms with Crippen molar-refractivity contribution in [2.24, 2.45) is 0 Å². The highest BCUT2D eigenvalue weighted by atomic mass is 16.5. The largest absolute Gasteiger partial charge is 0.465 e. The third-order valence-corrected chi connectivity index (χ3v) is 7.20. The molecule has 4 aromatic heterocycles. The maximum atomic E-state index is 13.0. The van der Waals surface area contributed by atoms with Crippen molar-refractivity contribution in [1.82, 2.24) is 39.6 Å². The third-order valence-electron chi connectivity index (χ3n) is 7.20.